The number of hydrogen-bond donors (Lipinski definition) is 1. The number of nitrogens with zero attached hydrogens (tertiary/aromatic N) is 1. The van der Waals surface area contributed by atoms with Crippen molar-refractivity contribution in [2.24, 2.45) is 5.92 Å². The number of rotatable bonds is 8. The number of terminal acetylenes is 1. The molecule has 1 heterocycles. The van der Waals surface area contributed by atoms with Crippen molar-refractivity contribution in [3.63, 3.8) is 0 Å². The predicted molar refractivity (Wildman–Crippen MR) is 172 cm³/mol. The van der Waals surface area contributed by atoms with E-state index < -0.39 is 0 Å². The molecule has 0 bridgehead atoms. The maximum atomic E-state index is 13.0. The molecular formula is C33H46Cl2N2O3. The highest BCUT2D eigenvalue weighted by Gasteiger charge is 2.26. The smallest absolute Gasteiger partial charge is 0.250 e. The topological polar surface area (TPSA) is 58.6 Å². The van der Waals surface area contributed by atoms with Gasteiger partial charge in [0.2, 0.25) is 11.8 Å². The quantitative estimate of drug-likeness (QED) is 0.175. The Labute approximate surface area is 252 Å². The van der Waals surface area contributed by atoms with Crippen LogP contribution in [0.15, 0.2) is 94.6 Å². The molecule has 5 nitrogen and oxygen atoms in total. The Bertz CT molecular complexity index is 1030. The van der Waals surface area contributed by atoms with Crippen LogP contribution in [0, 0.1) is 18.8 Å². The van der Waals surface area contributed by atoms with Crippen LogP contribution in [-0.4, -0.2) is 29.8 Å². The maximum absolute atomic E-state index is 13.0. The Balaban J connectivity index is 0. The van der Waals surface area contributed by atoms with Crippen LogP contribution in [-0.2, 0) is 14.3 Å². The van der Waals surface area contributed by atoms with E-state index in [-0.39, 0.29) is 17.7 Å². The normalized spacial score (nSPS) is 17.6. The van der Waals surface area contributed by atoms with Crippen molar-refractivity contribution in [3.05, 3.63) is 94.6 Å². The predicted octanol–water partition coefficient (Wildman–Crippen LogP) is 8.69. The molecule has 0 saturated carbocycles. The van der Waals surface area contributed by atoms with Crippen LogP contribution >= 0.6 is 23.2 Å². The van der Waals surface area contributed by atoms with Crippen LogP contribution in [0.4, 0.5) is 0 Å². The fourth-order valence-corrected chi connectivity index (χ4v) is 3.87. The Kier molecular flexibility index (Phi) is 24.2. The van der Waals surface area contributed by atoms with Gasteiger partial charge in [0, 0.05) is 35.1 Å². The number of halogens is 2. The van der Waals surface area contributed by atoms with Crippen molar-refractivity contribution in [1.29, 1.82) is 0 Å². The fourth-order valence-electron chi connectivity index (χ4n) is 3.64. The minimum absolute atomic E-state index is 0.0413. The van der Waals surface area contributed by atoms with E-state index in [1.165, 1.54) is 5.54 Å². The molecule has 7 heteroatoms. The number of ether oxygens (including phenoxy) is 1. The molecule has 2 rings (SSSR count). The SMILES string of the molecule is C#C.C=C/C(NC(=O)C1CCCN(C(=O)C2=CC=CC=CC2)CC1)=C(\C)OC(/C=C/Cl)=C/C(Cl)=C\C.CC.CC. The summed E-state index contributed by atoms with van der Waals surface area (Å²) in [4.78, 5) is 27.8. The summed E-state index contributed by atoms with van der Waals surface area (Å²) in [7, 11) is 0. The summed E-state index contributed by atoms with van der Waals surface area (Å²) in [5.74, 6) is 0.594. The number of hydrogen-bond acceptors (Lipinski definition) is 3. The second-order valence-corrected chi connectivity index (χ2v) is 8.60. The molecule has 0 radical (unpaired) electrons. The molecule has 1 aliphatic carbocycles. The van der Waals surface area contributed by atoms with Crippen molar-refractivity contribution >= 4 is 35.0 Å². The van der Waals surface area contributed by atoms with Gasteiger partial charge in [-0.3, -0.25) is 9.59 Å². The van der Waals surface area contributed by atoms with Crippen molar-refractivity contribution in [2.45, 2.75) is 67.2 Å². The van der Waals surface area contributed by atoms with Crippen LogP contribution in [0.3, 0.4) is 0 Å². The van der Waals surface area contributed by atoms with Crippen LogP contribution < -0.4 is 5.32 Å². The van der Waals surface area contributed by atoms with Crippen LogP contribution in [0.25, 0.3) is 0 Å². The lowest BCUT2D eigenvalue weighted by Gasteiger charge is -2.22. The second kappa shape index (κ2) is 24.8. The van der Waals surface area contributed by atoms with Gasteiger partial charge in [0.1, 0.15) is 11.5 Å². The van der Waals surface area contributed by atoms with Crippen LogP contribution in [0.5, 0.6) is 0 Å². The van der Waals surface area contributed by atoms with E-state index in [0.717, 1.165) is 12.0 Å². The lowest BCUT2D eigenvalue weighted by Crippen LogP contribution is -2.34. The van der Waals surface area contributed by atoms with Gasteiger partial charge in [-0.1, -0.05) is 93.9 Å². The first-order valence-corrected chi connectivity index (χ1v) is 14.5. The third kappa shape index (κ3) is 14.8. The van der Waals surface area contributed by atoms with Gasteiger partial charge in [0.05, 0.1) is 5.70 Å². The molecule has 1 unspecified atom stereocenters. The molecule has 1 saturated heterocycles. The third-order valence-corrected chi connectivity index (χ3v) is 6.00. The number of carbonyl (C=O) groups is 2. The second-order valence-electron chi connectivity index (χ2n) is 7.91. The lowest BCUT2D eigenvalue weighted by molar-refractivity contribution is -0.128. The fraction of sp³-hybridized carbons (Fsp3) is 0.394. The first kappa shape index (κ1) is 38.9. The van der Waals surface area contributed by atoms with Crippen molar-refractivity contribution in [3.8, 4) is 12.8 Å². The third-order valence-electron chi connectivity index (χ3n) is 5.55. The molecule has 1 fully saturated rings. The zero-order valence-electron chi connectivity index (χ0n) is 24.9. The first-order chi connectivity index (χ1) is 19.4. The summed E-state index contributed by atoms with van der Waals surface area (Å²) in [5.41, 5.74) is 2.56. The monoisotopic (exact) mass is 588 g/mol. The van der Waals surface area contributed by atoms with E-state index in [4.69, 9.17) is 27.9 Å². The molecule has 0 spiro atoms. The number of carbonyl (C=O) groups excluding carboxylic acids is 2. The van der Waals surface area contributed by atoms with Crippen molar-refractivity contribution in [1.82, 2.24) is 10.2 Å². The highest BCUT2D eigenvalue weighted by molar-refractivity contribution is 6.31. The summed E-state index contributed by atoms with van der Waals surface area (Å²) in [6, 6.07) is 0. The number of nitrogens with one attached hydrogen (secondary N) is 1. The van der Waals surface area contributed by atoms with Crippen molar-refractivity contribution < 1.29 is 14.3 Å². The molecule has 0 aromatic carbocycles. The van der Waals surface area contributed by atoms with Crippen LogP contribution in [0.2, 0.25) is 0 Å². The average Bonchev–Trinajstić information content (AvgIpc) is 3.42. The van der Waals surface area contributed by atoms with E-state index in [1.54, 1.807) is 31.2 Å². The summed E-state index contributed by atoms with van der Waals surface area (Å²) in [5, 5.41) is 3.42. The number of allylic oxidation sites excluding steroid dienone is 11. The lowest BCUT2D eigenvalue weighted by atomic mass is 9.99. The Morgan fingerprint density at radius 3 is 2.40 bits per heavy atom. The van der Waals surface area contributed by atoms with E-state index in [9.17, 15) is 9.59 Å². The average molecular weight is 590 g/mol. The molecule has 0 aromatic heterocycles. The van der Waals surface area contributed by atoms with E-state index in [1.807, 2.05) is 69.9 Å². The molecule has 1 N–H and O–H groups in total. The minimum atomic E-state index is -0.210. The molecule has 2 amide bonds. The molecule has 220 valence electrons. The Morgan fingerprint density at radius 1 is 1.12 bits per heavy atom. The highest BCUT2D eigenvalue weighted by Crippen LogP contribution is 2.22. The zero-order chi connectivity index (χ0) is 30.9. The van der Waals surface area contributed by atoms with Gasteiger partial charge in [-0.25, -0.2) is 0 Å². The highest BCUT2D eigenvalue weighted by atomic mass is 35.5. The van der Waals surface area contributed by atoms with Gasteiger partial charge in [-0.15, -0.1) is 12.8 Å². The minimum Gasteiger partial charge on any atom is -0.460 e. The molecule has 2 aliphatic rings. The Hall–Kier alpha value is -3.20. The Morgan fingerprint density at radius 2 is 1.80 bits per heavy atom. The maximum Gasteiger partial charge on any atom is 0.250 e. The largest absolute Gasteiger partial charge is 0.460 e. The van der Waals surface area contributed by atoms with Gasteiger partial charge in [-0.2, -0.15) is 0 Å². The first-order valence-electron chi connectivity index (χ1n) is 13.7. The summed E-state index contributed by atoms with van der Waals surface area (Å²) in [6.07, 6.45) is 26.7. The van der Waals surface area contributed by atoms with E-state index >= 15 is 0 Å². The number of likely N-dealkylation sites (tertiary alicyclic amines) is 1. The van der Waals surface area contributed by atoms with Gasteiger partial charge in [-0.05, 0) is 57.8 Å². The number of amides is 2. The molecule has 40 heavy (non-hydrogen) atoms. The summed E-state index contributed by atoms with van der Waals surface area (Å²) >= 11 is 11.8. The van der Waals surface area contributed by atoms with E-state index in [0.29, 0.717) is 54.6 Å². The van der Waals surface area contributed by atoms with Gasteiger partial charge in [0.15, 0.2) is 0 Å². The summed E-state index contributed by atoms with van der Waals surface area (Å²) in [6.45, 7) is 16.5. The molecular weight excluding hydrogens is 543 g/mol. The molecule has 1 aliphatic heterocycles. The molecule has 1 atom stereocenters. The van der Waals surface area contributed by atoms with Gasteiger partial charge >= 0.3 is 0 Å². The van der Waals surface area contributed by atoms with Gasteiger partial charge < -0.3 is 15.0 Å². The standard InChI is InChI=1S/C27H32Cl2N2O3.2C2H6.C2H2/c1-4-23(29)19-24(14-16-28)34-20(3)25(5-2)30-26(32)21-13-10-17-31(18-15-21)27(33)22-11-8-6-7-9-12-22;3*1-2/h4-9,11,14,16,19,21H,2,10,12-13,15,17-18H2,1,3H3,(H,30,32);2*1-2H3;1-2H/b16-14+,23-4+,24-19+,25-20-;;;. The van der Waals surface area contributed by atoms with Gasteiger partial charge in [0.25, 0.3) is 0 Å². The van der Waals surface area contributed by atoms with E-state index in [2.05, 4.69) is 24.7 Å². The summed E-state index contributed by atoms with van der Waals surface area (Å²) < 4.78 is 5.84. The van der Waals surface area contributed by atoms with Crippen LogP contribution in [0.1, 0.15) is 67.2 Å². The molecule has 0 aromatic rings. The van der Waals surface area contributed by atoms with Crippen molar-refractivity contribution in [2.75, 3.05) is 13.1 Å². The zero-order valence-corrected chi connectivity index (χ0v) is 26.4.